The van der Waals surface area contributed by atoms with Crippen molar-refractivity contribution >= 4 is 28.7 Å². The number of aromatic nitrogens is 4. The van der Waals surface area contributed by atoms with Gasteiger partial charge in [0.2, 0.25) is 0 Å². The molecule has 0 aliphatic carbocycles. The molecule has 2 aromatic heterocycles. The van der Waals surface area contributed by atoms with Gasteiger partial charge in [-0.2, -0.15) is 5.10 Å². The van der Waals surface area contributed by atoms with Crippen molar-refractivity contribution in [2.45, 2.75) is 19.9 Å². The van der Waals surface area contributed by atoms with Gasteiger partial charge in [-0.3, -0.25) is 9.67 Å². The van der Waals surface area contributed by atoms with E-state index in [1.54, 1.807) is 11.3 Å². The number of hydrogen-bond acceptors (Lipinski definition) is 5. The van der Waals surface area contributed by atoms with E-state index in [1.165, 1.54) is 0 Å². The number of nitrogens with zero attached hydrogens (tertiary/aromatic N) is 4. The lowest BCUT2D eigenvalue weighted by Gasteiger charge is -2.08. The van der Waals surface area contributed by atoms with Gasteiger partial charge in [-0.25, -0.2) is 4.98 Å². The molecule has 1 N–H and O–H groups in total. The van der Waals surface area contributed by atoms with Crippen LogP contribution in [-0.2, 0) is 0 Å². The van der Waals surface area contributed by atoms with Gasteiger partial charge in [-0.05, 0) is 26.1 Å². The number of thiazole rings is 1. The van der Waals surface area contributed by atoms with Crippen LogP contribution in [0.3, 0.4) is 0 Å². The van der Waals surface area contributed by atoms with Crippen molar-refractivity contribution in [2.24, 2.45) is 0 Å². The molecule has 0 radical (unpaired) electrons. The fraction of sp³-hybridized carbons (Fsp3) is 0.500. The normalized spacial score (nSPS) is 11.1. The standard InChI is InChI=1S/C10H15N5S2/c1-6(2)15-8(12-13-9(15)16)7-5-11-10(17-7)14(3)4/h5-6H,1-4H3,(H,13,16). The SMILES string of the molecule is CC(C)n1c(-c2cnc(N(C)C)s2)n[nH]c1=S. The molecule has 92 valence electrons. The minimum absolute atomic E-state index is 0.279. The number of anilines is 1. The Morgan fingerprint density at radius 1 is 1.47 bits per heavy atom. The van der Waals surface area contributed by atoms with Gasteiger partial charge in [0, 0.05) is 20.1 Å². The second-order valence-electron chi connectivity index (χ2n) is 4.22. The molecule has 0 spiro atoms. The van der Waals surface area contributed by atoms with Crippen LogP contribution in [0, 0.1) is 4.77 Å². The Hall–Kier alpha value is -1.21. The van der Waals surface area contributed by atoms with E-state index in [4.69, 9.17) is 12.2 Å². The average molecular weight is 269 g/mol. The summed E-state index contributed by atoms with van der Waals surface area (Å²) in [4.78, 5) is 7.35. The Morgan fingerprint density at radius 2 is 2.18 bits per heavy atom. The van der Waals surface area contributed by atoms with Crippen molar-refractivity contribution in [3.05, 3.63) is 11.0 Å². The van der Waals surface area contributed by atoms with Gasteiger partial charge in [0.25, 0.3) is 0 Å². The molecule has 0 aliphatic rings. The summed E-state index contributed by atoms with van der Waals surface area (Å²) in [5.74, 6) is 0.857. The minimum atomic E-state index is 0.279. The molecule has 0 fully saturated rings. The van der Waals surface area contributed by atoms with Gasteiger partial charge in [-0.15, -0.1) is 0 Å². The van der Waals surface area contributed by atoms with Crippen LogP contribution in [0.25, 0.3) is 10.7 Å². The van der Waals surface area contributed by atoms with E-state index in [9.17, 15) is 0 Å². The van der Waals surface area contributed by atoms with Crippen LogP contribution < -0.4 is 4.90 Å². The predicted octanol–water partition coefficient (Wildman–Crippen LogP) is 2.71. The van der Waals surface area contributed by atoms with E-state index < -0.39 is 0 Å². The summed E-state index contributed by atoms with van der Waals surface area (Å²) in [5, 5.41) is 8.08. The molecule has 0 saturated heterocycles. The summed E-state index contributed by atoms with van der Waals surface area (Å²) in [6.45, 7) is 4.17. The highest BCUT2D eigenvalue weighted by Gasteiger charge is 2.14. The zero-order chi connectivity index (χ0) is 12.6. The molecule has 2 aromatic rings. The van der Waals surface area contributed by atoms with Gasteiger partial charge < -0.3 is 4.90 Å². The van der Waals surface area contributed by atoms with E-state index in [-0.39, 0.29) is 6.04 Å². The molecule has 0 aliphatic heterocycles. The quantitative estimate of drug-likeness (QED) is 0.870. The number of nitrogens with one attached hydrogen (secondary N) is 1. The van der Waals surface area contributed by atoms with Crippen LogP contribution in [0.1, 0.15) is 19.9 Å². The van der Waals surface area contributed by atoms with Crippen LogP contribution in [0.4, 0.5) is 5.13 Å². The molecular weight excluding hydrogens is 254 g/mol. The van der Waals surface area contributed by atoms with E-state index in [0.29, 0.717) is 4.77 Å². The first-order valence-electron chi connectivity index (χ1n) is 5.31. The smallest absolute Gasteiger partial charge is 0.195 e. The highest BCUT2D eigenvalue weighted by atomic mass is 32.1. The third kappa shape index (κ3) is 2.25. The molecule has 2 rings (SSSR count). The zero-order valence-corrected chi connectivity index (χ0v) is 11.9. The van der Waals surface area contributed by atoms with Crippen molar-refractivity contribution in [1.82, 2.24) is 19.7 Å². The second-order valence-corrected chi connectivity index (χ2v) is 5.61. The zero-order valence-electron chi connectivity index (χ0n) is 10.3. The molecule has 0 unspecified atom stereocenters. The Balaban J connectivity index is 2.49. The first-order chi connectivity index (χ1) is 8.00. The Bertz CT molecular complexity index is 563. The van der Waals surface area contributed by atoms with Gasteiger partial charge in [-0.1, -0.05) is 11.3 Å². The monoisotopic (exact) mass is 269 g/mol. The molecular formula is C10H15N5S2. The maximum Gasteiger partial charge on any atom is 0.195 e. The Kier molecular flexibility index (Phi) is 3.30. The Labute approximate surface area is 109 Å². The van der Waals surface area contributed by atoms with Gasteiger partial charge >= 0.3 is 0 Å². The van der Waals surface area contributed by atoms with Crippen LogP contribution in [0.5, 0.6) is 0 Å². The van der Waals surface area contributed by atoms with Gasteiger partial charge in [0.15, 0.2) is 15.7 Å². The highest BCUT2D eigenvalue weighted by Crippen LogP contribution is 2.30. The summed E-state index contributed by atoms with van der Waals surface area (Å²) in [6, 6.07) is 0.279. The van der Waals surface area contributed by atoms with E-state index in [1.807, 2.05) is 29.8 Å². The lowest BCUT2D eigenvalue weighted by molar-refractivity contribution is 0.597. The molecule has 7 heteroatoms. The molecule has 0 bridgehead atoms. The summed E-state index contributed by atoms with van der Waals surface area (Å²) >= 11 is 6.83. The van der Waals surface area contributed by atoms with Crippen LogP contribution in [0.15, 0.2) is 6.20 Å². The lowest BCUT2D eigenvalue weighted by atomic mass is 10.4. The fourth-order valence-electron chi connectivity index (χ4n) is 1.53. The van der Waals surface area contributed by atoms with Crippen molar-refractivity contribution in [3.63, 3.8) is 0 Å². The maximum atomic E-state index is 5.23. The van der Waals surface area contributed by atoms with E-state index in [2.05, 4.69) is 29.0 Å². The molecule has 17 heavy (non-hydrogen) atoms. The second kappa shape index (κ2) is 4.58. The van der Waals surface area contributed by atoms with Gasteiger partial charge in [0.05, 0.1) is 11.1 Å². The van der Waals surface area contributed by atoms with Crippen LogP contribution in [0.2, 0.25) is 0 Å². The molecule has 5 nitrogen and oxygen atoms in total. The molecule has 0 aromatic carbocycles. The minimum Gasteiger partial charge on any atom is -0.354 e. The number of rotatable bonds is 3. The number of hydrogen-bond donors (Lipinski definition) is 1. The fourth-order valence-corrected chi connectivity index (χ4v) is 2.70. The topological polar surface area (TPSA) is 49.7 Å². The molecule has 0 amide bonds. The average Bonchev–Trinajstić information content (AvgIpc) is 2.82. The van der Waals surface area contributed by atoms with Gasteiger partial charge in [0.1, 0.15) is 0 Å². The van der Waals surface area contributed by atoms with Crippen molar-refractivity contribution < 1.29 is 0 Å². The first kappa shape index (κ1) is 12.3. The van der Waals surface area contributed by atoms with Crippen molar-refractivity contribution in [2.75, 3.05) is 19.0 Å². The summed E-state index contributed by atoms with van der Waals surface area (Å²) in [5.41, 5.74) is 0. The summed E-state index contributed by atoms with van der Waals surface area (Å²) in [7, 11) is 3.95. The largest absolute Gasteiger partial charge is 0.354 e. The number of aromatic amines is 1. The first-order valence-corrected chi connectivity index (χ1v) is 6.53. The lowest BCUT2D eigenvalue weighted by Crippen LogP contribution is -2.07. The third-order valence-corrected chi connectivity index (χ3v) is 3.77. The van der Waals surface area contributed by atoms with E-state index in [0.717, 1.165) is 15.8 Å². The highest BCUT2D eigenvalue weighted by molar-refractivity contribution is 7.71. The van der Waals surface area contributed by atoms with Crippen molar-refractivity contribution in [3.8, 4) is 10.7 Å². The molecule has 0 atom stereocenters. The van der Waals surface area contributed by atoms with Crippen LogP contribution in [-0.4, -0.2) is 33.8 Å². The molecule has 0 saturated carbocycles. The van der Waals surface area contributed by atoms with Crippen LogP contribution >= 0.6 is 23.6 Å². The maximum absolute atomic E-state index is 5.23. The predicted molar refractivity (Wildman–Crippen MR) is 73.2 cm³/mol. The Morgan fingerprint density at radius 3 is 2.71 bits per heavy atom. The summed E-state index contributed by atoms with van der Waals surface area (Å²) < 4.78 is 2.65. The van der Waals surface area contributed by atoms with E-state index >= 15 is 0 Å². The summed E-state index contributed by atoms with van der Waals surface area (Å²) in [6.07, 6.45) is 1.84. The third-order valence-electron chi connectivity index (χ3n) is 2.32. The molecule has 2 heterocycles. The number of H-pyrrole nitrogens is 1. The van der Waals surface area contributed by atoms with Crippen molar-refractivity contribution in [1.29, 1.82) is 0 Å².